The summed E-state index contributed by atoms with van der Waals surface area (Å²) in [5.74, 6) is 0.136. The molecule has 5 nitrogen and oxygen atoms in total. The van der Waals surface area contributed by atoms with Crippen molar-refractivity contribution in [1.82, 2.24) is 9.80 Å². The summed E-state index contributed by atoms with van der Waals surface area (Å²) in [5.41, 5.74) is 1.60. The lowest BCUT2D eigenvalue weighted by Crippen LogP contribution is -2.49. The van der Waals surface area contributed by atoms with Gasteiger partial charge >= 0.3 is 0 Å². The normalized spacial score (nSPS) is 18.9. The number of ketones is 1. The number of hydrogen-bond donors (Lipinski definition) is 0. The van der Waals surface area contributed by atoms with Crippen molar-refractivity contribution >= 4 is 17.6 Å². The van der Waals surface area contributed by atoms with Crippen LogP contribution < -0.4 is 0 Å². The minimum absolute atomic E-state index is 0.0259. The average Bonchev–Trinajstić information content (AvgIpc) is 2.81. The molecule has 30 heavy (non-hydrogen) atoms. The Morgan fingerprint density at radius 3 is 2.10 bits per heavy atom. The van der Waals surface area contributed by atoms with Crippen LogP contribution in [0.25, 0.3) is 0 Å². The van der Waals surface area contributed by atoms with E-state index in [0.29, 0.717) is 38.9 Å². The van der Waals surface area contributed by atoms with Crippen molar-refractivity contribution in [2.45, 2.75) is 38.1 Å². The maximum atomic E-state index is 13.5. The molecule has 0 spiro atoms. The Bertz CT molecular complexity index is 889. The fourth-order valence-electron chi connectivity index (χ4n) is 4.56. The van der Waals surface area contributed by atoms with Gasteiger partial charge in [0.2, 0.25) is 11.8 Å². The molecule has 2 saturated heterocycles. The van der Waals surface area contributed by atoms with E-state index in [-0.39, 0.29) is 23.5 Å². The fourth-order valence-corrected chi connectivity index (χ4v) is 4.56. The summed E-state index contributed by atoms with van der Waals surface area (Å²) in [6.45, 7) is 1.72. The molecule has 0 saturated carbocycles. The number of carbonyl (C=O) groups excluding carboxylic acids is 3. The molecule has 1 unspecified atom stereocenters. The van der Waals surface area contributed by atoms with Crippen LogP contribution >= 0.6 is 0 Å². The van der Waals surface area contributed by atoms with E-state index in [1.54, 1.807) is 4.90 Å². The Morgan fingerprint density at radius 2 is 1.47 bits per heavy atom. The number of Topliss-reactive ketones (excluding diaryl/α,β-unsaturated/α-hetero) is 1. The van der Waals surface area contributed by atoms with Gasteiger partial charge in [-0.25, -0.2) is 0 Å². The number of nitrogens with zero attached hydrogens (tertiary/aromatic N) is 2. The van der Waals surface area contributed by atoms with Gasteiger partial charge in [-0.05, 0) is 31.2 Å². The standard InChI is InChI=1S/C25H28N2O3/c28-22-13-7-8-16-27(22)23(19-9-3-1-4-10-19)25(30)26-17-14-21(15-18-26)24(29)20-11-5-2-6-12-20/h1-6,9-12,21,23H,7-8,13-18H2. The second-order valence-electron chi connectivity index (χ2n) is 8.19. The van der Waals surface area contributed by atoms with Gasteiger partial charge in [-0.1, -0.05) is 60.7 Å². The number of benzene rings is 2. The molecule has 2 amide bonds. The zero-order valence-electron chi connectivity index (χ0n) is 17.2. The van der Waals surface area contributed by atoms with Gasteiger partial charge in [0.25, 0.3) is 0 Å². The molecule has 4 rings (SSSR count). The van der Waals surface area contributed by atoms with Crippen LogP contribution in [0.1, 0.15) is 54.1 Å². The highest BCUT2D eigenvalue weighted by Gasteiger charge is 2.37. The monoisotopic (exact) mass is 404 g/mol. The summed E-state index contributed by atoms with van der Waals surface area (Å²) in [4.78, 5) is 42.5. The molecule has 0 aliphatic carbocycles. The molecule has 2 aromatic carbocycles. The summed E-state index contributed by atoms with van der Waals surface area (Å²) in [7, 11) is 0. The van der Waals surface area contributed by atoms with Crippen molar-refractivity contribution in [3.8, 4) is 0 Å². The summed E-state index contributed by atoms with van der Waals surface area (Å²) in [5, 5.41) is 0. The first-order valence-corrected chi connectivity index (χ1v) is 10.9. The van der Waals surface area contributed by atoms with Crippen molar-refractivity contribution in [3.63, 3.8) is 0 Å². The Balaban J connectivity index is 1.48. The topological polar surface area (TPSA) is 57.7 Å². The molecule has 0 bridgehead atoms. The van der Waals surface area contributed by atoms with Gasteiger partial charge in [0.15, 0.2) is 5.78 Å². The Morgan fingerprint density at radius 1 is 0.833 bits per heavy atom. The Labute approximate surface area is 177 Å². The molecule has 2 heterocycles. The van der Waals surface area contributed by atoms with E-state index in [0.717, 1.165) is 24.0 Å². The molecule has 5 heteroatoms. The van der Waals surface area contributed by atoms with E-state index >= 15 is 0 Å². The zero-order valence-corrected chi connectivity index (χ0v) is 17.2. The van der Waals surface area contributed by atoms with E-state index in [1.165, 1.54) is 0 Å². The number of rotatable bonds is 5. The van der Waals surface area contributed by atoms with Gasteiger partial charge < -0.3 is 9.80 Å². The minimum Gasteiger partial charge on any atom is -0.341 e. The number of likely N-dealkylation sites (tertiary alicyclic amines) is 2. The highest BCUT2D eigenvalue weighted by Crippen LogP contribution is 2.30. The average molecular weight is 405 g/mol. The molecule has 2 aliphatic rings. The van der Waals surface area contributed by atoms with Gasteiger partial charge in [-0.15, -0.1) is 0 Å². The van der Waals surface area contributed by atoms with Crippen molar-refractivity contribution in [1.29, 1.82) is 0 Å². The van der Waals surface area contributed by atoms with Crippen molar-refractivity contribution in [3.05, 3.63) is 71.8 Å². The molecule has 2 fully saturated rings. The van der Waals surface area contributed by atoms with E-state index < -0.39 is 6.04 Å². The molecule has 2 aromatic rings. The predicted octanol–water partition coefficient (Wildman–Crippen LogP) is 3.86. The lowest BCUT2D eigenvalue weighted by molar-refractivity contribution is -0.148. The molecular formula is C25H28N2O3. The second kappa shape index (κ2) is 9.24. The first-order chi connectivity index (χ1) is 14.6. The molecule has 0 N–H and O–H groups in total. The second-order valence-corrected chi connectivity index (χ2v) is 8.19. The largest absolute Gasteiger partial charge is 0.341 e. The Hall–Kier alpha value is -2.95. The summed E-state index contributed by atoms with van der Waals surface area (Å²) >= 11 is 0. The van der Waals surface area contributed by atoms with Crippen molar-refractivity contribution in [2.24, 2.45) is 5.92 Å². The van der Waals surface area contributed by atoms with E-state index in [1.807, 2.05) is 65.6 Å². The van der Waals surface area contributed by atoms with Crippen LogP contribution in [0.2, 0.25) is 0 Å². The molecule has 0 aromatic heterocycles. The van der Waals surface area contributed by atoms with Gasteiger partial charge in [-0.2, -0.15) is 0 Å². The van der Waals surface area contributed by atoms with Crippen LogP contribution in [0.5, 0.6) is 0 Å². The molecular weight excluding hydrogens is 376 g/mol. The van der Waals surface area contributed by atoms with Crippen LogP contribution in [0.15, 0.2) is 60.7 Å². The van der Waals surface area contributed by atoms with Gasteiger partial charge in [-0.3, -0.25) is 14.4 Å². The van der Waals surface area contributed by atoms with Gasteiger partial charge in [0.05, 0.1) is 0 Å². The number of piperidine rings is 2. The minimum atomic E-state index is -0.569. The van der Waals surface area contributed by atoms with Crippen LogP contribution in [-0.4, -0.2) is 47.0 Å². The maximum Gasteiger partial charge on any atom is 0.250 e. The van der Waals surface area contributed by atoms with Crippen LogP contribution in [-0.2, 0) is 9.59 Å². The number of carbonyl (C=O) groups is 3. The van der Waals surface area contributed by atoms with Crippen LogP contribution in [0.4, 0.5) is 0 Å². The quantitative estimate of drug-likeness (QED) is 0.711. The SMILES string of the molecule is O=C(c1ccccc1)C1CCN(C(=O)C(c2ccccc2)N2CCCCC2=O)CC1. The molecule has 1 atom stereocenters. The lowest BCUT2D eigenvalue weighted by Gasteiger charge is -2.39. The van der Waals surface area contributed by atoms with E-state index in [2.05, 4.69) is 0 Å². The lowest BCUT2D eigenvalue weighted by atomic mass is 9.88. The van der Waals surface area contributed by atoms with Crippen molar-refractivity contribution < 1.29 is 14.4 Å². The maximum absolute atomic E-state index is 13.5. The molecule has 0 radical (unpaired) electrons. The smallest absolute Gasteiger partial charge is 0.250 e. The summed E-state index contributed by atoms with van der Waals surface area (Å²) in [6, 6.07) is 18.4. The van der Waals surface area contributed by atoms with Gasteiger partial charge in [0, 0.05) is 37.5 Å². The van der Waals surface area contributed by atoms with Crippen LogP contribution in [0, 0.1) is 5.92 Å². The molecule has 156 valence electrons. The Kier molecular flexibility index (Phi) is 6.26. The summed E-state index contributed by atoms with van der Waals surface area (Å²) < 4.78 is 0. The van der Waals surface area contributed by atoms with Crippen LogP contribution in [0.3, 0.4) is 0 Å². The fraction of sp³-hybridized carbons (Fsp3) is 0.400. The molecule has 2 aliphatic heterocycles. The first-order valence-electron chi connectivity index (χ1n) is 10.9. The van der Waals surface area contributed by atoms with E-state index in [9.17, 15) is 14.4 Å². The summed E-state index contributed by atoms with van der Waals surface area (Å²) in [6.07, 6.45) is 3.64. The third-order valence-electron chi connectivity index (χ3n) is 6.26. The van der Waals surface area contributed by atoms with Gasteiger partial charge in [0.1, 0.15) is 6.04 Å². The predicted molar refractivity (Wildman–Crippen MR) is 115 cm³/mol. The number of hydrogen-bond acceptors (Lipinski definition) is 3. The number of amides is 2. The third kappa shape index (κ3) is 4.30. The highest BCUT2D eigenvalue weighted by molar-refractivity contribution is 5.98. The highest BCUT2D eigenvalue weighted by atomic mass is 16.2. The third-order valence-corrected chi connectivity index (χ3v) is 6.26. The van der Waals surface area contributed by atoms with E-state index in [4.69, 9.17) is 0 Å². The first kappa shape index (κ1) is 20.3. The van der Waals surface area contributed by atoms with Crippen molar-refractivity contribution in [2.75, 3.05) is 19.6 Å². The zero-order chi connectivity index (χ0) is 20.9.